The van der Waals surface area contributed by atoms with Crippen molar-refractivity contribution in [3.8, 4) is 6.07 Å². The van der Waals surface area contributed by atoms with E-state index in [0.717, 1.165) is 0 Å². The van der Waals surface area contributed by atoms with E-state index in [-0.39, 0.29) is 25.2 Å². The van der Waals surface area contributed by atoms with Gasteiger partial charge in [-0.15, -0.1) is 0 Å². The molecular formula is C21H21ClN2O4. The van der Waals surface area contributed by atoms with Gasteiger partial charge in [-0.3, -0.25) is 0 Å². The number of nitrogens with zero attached hydrogens (tertiary/aromatic N) is 1. The molecule has 1 heterocycles. The number of allylic oxidation sites excluding steroid dienone is 2. The summed E-state index contributed by atoms with van der Waals surface area (Å²) in [6.07, 6.45) is 1.55. The van der Waals surface area contributed by atoms with Gasteiger partial charge < -0.3 is 14.8 Å². The Balaban J connectivity index is 2.54. The number of halogens is 1. The van der Waals surface area contributed by atoms with Crippen LogP contribution in [0.5, 0.6) is 0 Å². The summed E-state index contributed by atoms with van der Waals surface area (Å²) in [6.45, 7) is 7.03. The van der Waals surface area contributed by atoms with E-state index in [2.05, 4.69) is 11.9 Å². The molecule has 0 spiro atoms. The van der Waals surface area contributed by atoms with Crippen LogP contribution in [0.2, 0.25) is 5.02 Å². The van der Waals surface area contributed by atoms with Crippen molar-refractivity contribution in [2.75, 3.05) is 13.2 Å². The highest BCUT2D eigenvalue weighted by molar-refractivity contribution is 6.30. The molecule has 1 aromatic carbocycles. The first-order valence-corrected chi connectivity index (χ1v) is 9.04. The van der Waals surface area contributed by atoms with Crippen LogP contribution in [0.1, 0.15) is 31.7 Å². The highest BCUT2D eigenvalue weighted by Crippen LogP contribution is 2.39. The summed E-state index contributed by atoms with van der Waals surface area (Å²) in [7, 11) is 0. The van der Waals surface area contributed by atoms with Gasteiger partial charge in [-0.1, -0.05) is 36.4 Å². The molecule has 0 bridgehead atoms. The van der Waals surface area contributed by atoms with Gasteiger partial charge in [0.05, 0.1) is 29.6 Å². The zero-order valence-electron chi connectivity index (χ0n) is 15.8. The third kappa shape index (κ3) is 4.81. The van der Waals surface area contributed by atoms with Gasteiger partial charge in [-0.05, 0) is 31.5 Å². The van der Waals surface area contributed by atoms with Crippen molar-refractivity contribution in [3.05, 3.63) is 70.0 Å². The zero-order chi connectivity index (χ0) is 20.7. The van der Waals surface area contributed by atoms with Crippen LogP contribution in [0, 0.1) is 11.3 Å². The van der Waals surface area contributed by atoms with Gasteiger partial charge in [0.1, 0.15) is 13.2 Å². The molecule has 0 radical (unpaired) electrons. The molecule has 1 aliphatic rings. The molecule has 6 nitrogen and oxygen atoms in total. The Morgan fingerprint density at radius 1 is 1.25 bits per heavy atom. The largest absolute Gasteiger partial charge is 0.461 e. The van der Waals surface area contributed by atoms with Crippen LogP contribution in [-0.4, -0.2) is 25.2 Å². The van der Waals surface area contributed by atoms with Crippen molar-refractivity contribution >= 4 is 23.5 Å². The molecule has 146 valence electrons. The Labute approximate surface area is 169 Å². The zero-order valence-corrected chi connectivity index (χ0v) is 16.5. The average molecular weight is 401 g/mol. The third-order valence-corrected chi connectivity index (χ3v) is 4.40. The van der Waals surface area contributed by atoms with Crippen LogP contribution in [-0.2, 0) is 19.1 Å². The Morgan fingerprint density at radius 2 is 1.89 bits per heavy atom. The molecule has 0 saturated carbocycles. The van der Waals surface area contributed by atoms with Crippen LogP contribution in [0.15, 0.2) is 59.5 Å². The van der Waals surface area contributed by atoms with E-state index in [1.807, 2.05) is 6.07 Å². The van der Waals surface area contributed by atoms with Gasteiger partial charge in [0.2, 0.25) is 0 Å². The van der Waals surface area contributed by atoms with Gasteiger partial charge in [-0.2, -0.15) is 5.26 Å². The number of nitrogens with one attached hydrogen (secondary N) is 1. The van der Waals surface area contributed by atoms with Crippen molar-refractivity contribution in [2.45, 2.75) is 26.2 Å². The highest BCUT2D eigenvalue weighted by Gasteiger charge is 2.38. The van der Waals surface area contributed by atoms with Gasteiger partial charge in [0, 0.05) is 16.4 Å². The van der Waals surface area contributed by atoms with Crippen molar-refractivity contribution in [1.82, 2.24) is 5.32 Å². The number of ether oxygens (including phenoxy) is 2. The molecule has 1 atom stereocenters. The van der Waals surface area contributed by atoms with Gasteiger partial charge in [-0.25, -0.2) is 9.59 Å². The van der Waals surface area contributed by atoms with E-state index < -0.39 is 17.9 Å². The monoisotopic (exact) mass is 400 g/mol. The Morgan fingerprint density at radius 3 is 2.46 bits per heavy atom. The summed E-state index contributed by atoms with van der Waals surface area (Å²) in [6, 6.07) is 8.86. The lowest BCUT2D eigenvalue weighted by molar-refractivity contribution is -0.139. The van der Waals surface area contributed by atoms with E-state index in [4.69, 9.17) is 26.3 Å². The van der Waals surface area contributed by atoms with E-state index in [1.165, 1.54) is 6.08 Å². The van der Waals surface area contributed by atoms with Crippen molar-refractivity contribution < 1.29 is 19.1 Å². The summed E-state index contributed by atoms with van der Waals surface area (Å²) in [5.41, 5.74) is 2.36. The highest BCUT2D eigenvalue weighted by atomic mass is 35.5. The van der Waals surface area contributed by atoms with E-state index in [1.54, 1.807) is 38.1 Å². The first-order chi connectivity index (χ1) is 13.4. The van der Waals surface area contributed by atoms with E-state index in [0.29, 0.717) is 27.6 Å². The minimum Gasteiger partial charge on any atom is -0.461 e. The predicted molar refractivity (Wildman–Crippen MR) is 105 cm³/mol. The number of nitriles is 1. The number of hydrogen-bond donors (Lipinski definition) is 1. The second-order valence-corrected chi connectivity index (χ2v) is 6.56. The minimum atomic E-state index is -0.716. The summed E-state index contributed by atoms with van der Waals surface area (Å²) in [5.74, 6) is -1.89. The van der Waals surface area contributed by atoms with Crippen LogP contribution in [0.4, 0.5) is 0 Å². The first kappa shape index (κ1) is 21.3. The maximum absolute atomic E-state index is 12.8. The number of carbonyl (C=O) groups excluding carboxylic acids is 2. The maximum Gasteiger partial charge on any atom is 0.337 e. The molecule has 2 rings (SSSR count). The fourth-order valence-electron chi connectivity index (χ4n) is 3.03. The number of esters is 2. The summed E-state index contributed by atoms with van der Waals surface area (Å²) < 4.78 is 10.5. The normalized spacial score (nSPS) is 16.1. The van der Waals surface area contributed by atoms with Crippen molar-refractivity contribution in [2.24, 2.45) is 0 Å². The van der Waals surface area contributed by atoms with E-state index >= 15 is 0 Å². The second kappa shape index (κ2) is 9.77. The van der Waals surface area contributed by atoms with Crippen LogP contribution in [0.3, 0.4) is 0 Å². The molecule has 28 heavy (non-hydrogen) atoms. The molecule has 0 fully saturated rings. The standard InChI is InChI=1S/C21H21ClN2O4/c1-4-10-27-20(25)17-13(2)24-14(3)18(21(26)28-11-6-9-23)19(17)15-7-5-8-16(22)12-15/h4-5,7-8,12,19,24H,1,6,10-11H2,2-3H3. The minimum absolute atomic E-state index is 0.0344. The lowest BCUT2D eigenvalue weighted by Crippen LogP contribution is -2.32. The molecule has 0 aliphatic carbocycles. The average Bonchev–Trinajstić information content (AvgIpc) is 2.65. The molecule has 1 unspecified atom stereocenters. The number of hydrogen-bond acceptors (Lipinski definition) is 6. The molecular weight excluding hydrogens is 380 g/mol. The summed E-state index contributed by atoms with van der Waals surface area (Å²) in [5, 5.41) is 12.2. The van der Waals surface area contributed by atoms with Gasteiger partial charge in [0.25, 0.3) is 0 Å². The Hall–Kier alpha value is -3.04. The quantitative estimate of drug-likeness (QED) is 0.426. The molecule has 0 amide bonds. The predicted octanol–water partition coefficient (Wildman–Crippen LogP) is 3.76. The third-order valence-electron chi connectivity index (χ3n) is 4.16. The fraction of sp³-hybridized carbons (Fsp3) is 0.286. The van der Waals surface area contributed by atoms with Crippen LogP contribution >= 0.6 is 11.6 Å². The van der Waals surface area contributed by atoms with Crippen molar-refractivity contribution in [3.63, 3.8) is 0 Å². The number of dihydropyridines is 1. The van der Waals surface area contributed by atoms with Gasteiger partial charge in [0.15, 0.2) is 0 Å². The molecule has 1 aliphatic heterocycles. The smallest absolute Gasteiger partial charge is 0.337 e. The Kier molecular flexibility index (Phi) is 7.42. The molecule has 1 aromatic rings. The van der Waals surface area contributed by atoms with Crippen LogP contribution < -0.4 is 5.32 Å². The molecule has 7 heteroatoms. The lowest BCUT2D eigenvalue weighted by atomic mass is 9.80. The molecule has 1 N–H and O–H groups in total. The topological polar surface area (TPSA) is 88.4 Å². The van der Waals surface area contributed by atoms with Crippen LogP contribution in [0.25, 0.3) is 0 Å². The number of benzene rings is 1. The Bertz CT molecular complexity index is 896. The van der Waals surface area contributed by atoms with E-state index in [9.17, 15) is 9.59 Å². The first-order valence-electron chi connectivity index (χ1n) is 8.66. The van der Waals surface area contributed by atoms with Gasteiger partial charge >= 0.3 is 11.9 Å². The molecule has 0 saturated heterocycles. The summed E-state index contributed by atoms with van der Waals surface area (Å²) in [4.78, 5) is 25.5. The number of carbonyl (C=O) groups is 2. The molecule has 0 aromatic heterocycles. The summed E-state index contributed by atoms with van der Waals surface area (Å²) >= 11 is 6.15. The second-order valence-electron chi connectivity index (χ2n) is 6.12. The SMILES string of the molecule is C=CCOC(=O)C1=C(C)NC(C)=C(C(=O)OCCC#N)C1c1cccc(Cl)c1. The van der Waals surface area contributed by atoms with Crippen molar-refractivity contribution in [1.29, 1.82) is 5.26 Å². The number of rotatable bonds is 7. The lowest BCUT2D eigenvalue weighted by Gasteiger charge is -2.30. The maximum atomic E-state index is 12.8. The fourth-order valence-corrected chi connectivity index (χ4v) is 3.23.